The first kappa shape index (κ1) is 15.8. The number of nitrogens with one attached hydrogen (secondary N) is 3. The average molecular weight is 364 g/mol. The van der Waals surface area contributed by atoms with Crippen molar-refractivity contribution in [1.29, 1.82) is 0 Å². The number of aromatic nitrogens is 1. The van der Waals surface area contributed by atoms with Crippen molar-refractivity contribution in [3.8, 4) is 5.75 Å². The lowest BCUT2D eigenvalue weighted by atomic mass is 10.2. The second-order valence-electron chi connectivity index (χ2n) is 4.26. The second kappa shape index (κ2) is 7.46. The Kier molecular flexibility index (Phi) is 5.37. The molecule has 0 saturated heterocycles. The third kappa shape index (κ3) is 4.23. The van der Waals surface area contributed by atoms with E-state index in [4.69, 9.17) is 4.74 Å². The Balaban J connectivity index is 1.89. The third-order valence-electron chi connectivity index (χ3n) is 2.67. The van der Waals surface area contributed by atoms with E-state index in [9.17, 15) is 9.59 Å². The lowest BCUT2D eigenvalue weighted by Crippen LogP contribution is -2.41. The maximum Gasteiger partial charge on any atom is 0.286 e. The quantitative estimate of drug-likeness (QED) is 0.563. The van der Waals surface area contributed by atoms with Crippen molar-refractivity contribution in [2.75, 3.05) is 6.61 Å². The van der Waals surface area contributed by atoms with E-state index in [1.165, 1.54) is 0 Å². The summed E-state index contributed by atoms with van der Waals surface area (Å²) in [6.45, 7) is 3.95. The Bertz CT molecular complexity index is 680. The van der Waals surface area contributed by atoms with Crippen molar-refractivity contribution >= 4 is 27.7 Å². The molecule has 114 valence electrons. The van der Waals surface area contributed by atoms with Gasteiger partial charge in [0.15, 0.2) is 0 Å². The van der Waals surface area contributed by atoms with Gasteiger partial charge in [0, 0.05) is 16.2 Å². The van der Waals surface area contributed by atoms with Gasteiger partial charge in [-0.3, -0.25) is 20.4 Å². The highest BCUT2D eigenvalue weighted by molar-refractivity contribution is 9.10. The van der Waals surface area contributed by atoms with E-state index >= 15 is 0 Å². The van der Waals surface area contributed by atoms with E-state index < -0.39 is 11.8 Å². The summed E-state index contributed by atoms with van der Waals surface area (Å²) < 4.78 is 6.07. The Morgan fingerprint density at radius 1 is 1.23 bits per heavy atom. The number of hydrogen-bond donors (Lipinski definition) is 3. The molecule has 6 nitrogen and oxygen atoms in total. The SMILES string of the molecule is C=CCOc1ccc(C(=O)NNC(=O)c2cc(Br)c[nH]2)cc1. The van der Waals surface area contributed by atoms with Gasteiger partial charge >= 0.3 is 0 Å². The van der Waals surface area contributed by atoms with E-state index in [-0.39, 0.29) is 0 Å². The van der Waals surface area contributed by atoms with Crippen molar-refractivity contribution in [2.24, 2.45) is 0 Å². The molecule has 0 aliphatic heterocycles. The van der Waals surface area contributed by atoms with Crippen LogP contribution in [0.3, 0.4) is 0 Å². The number of rotatable bonds is 5. The summed E-state index contributed by atoms with van der Waals surface area (Å²) in [6.07, 6.45) is 3.26. The Labute approximate surface area is 135 Å². The Morgan fingerprint density at radius 2 is 1.91 bits per heavy atom. The van der Waals surface area contributed by atoms with Gasteiger partial charge in [0.1, 0.15) is 18.1 Å². The molecule has 0 radical (unpaired) electrons. The zero-order valence-electron chi connectivity index (χ0n) is 11.6. The van der Waals surface area contributed by atoms with Crippen LogP contribution in [-0.2, 0) is 0 Å². The van der Waals surface area contributed by atoms with Crippen LogP contribution >= 0.6 is 15.9 Å². The standard InChI is InChI=1S/C15H14BrN3O3/c1-2-7-22-12-5-3-10(4-6-12)14(20)18-19-15(21)13-8-11(16)9-17-13/h2-6,8-9,17H,1,7H2,(H,18,20)(H,19,21). The van der Waals surface area contributed by atoms with Gasteiger partial charge in [0.05, 0.1) is 0 Å². The van der Waals surface area contributed by atoms with Crippen LogP contribution in [-0.4, -0.2) is 23.4 Å². The average Bonchev–Trinajstić information content (AvgIpc) is 2.97. The number of carbonyl (C=O) groups excluding carboxylic acids is 2. The van der Waals surface area contributed by atoms with Crippen molar-refractivity contribution in [3.05, 3.63) is 64.9 Å². The van der Waals surface area contributed by atoms with Gasteiger partial charge in [-0.05, 0) is 46.3 Å². The number of benzene rings is 1. The number of aromatic amines is 1. The summed E-state index contributed by atoms with van der Waals surface area (Å²) in [6, 6.07) is 8.15. The molecule has 0 atom stereocenters. The second-order valence-corrected chi connectivity index (χ2v) is 5.18. The number of carbonyl (C=O) groups is 2. The van der Waals surface area contributed by atoms with Gasteiger partial charge < -0.3 is 9.72 Å². The van der Waals surface area contributed by atoms with Crippen molar-refractivity contribution in [2.45, 2.75) is 0 Å². The largest absolute Gasteiger partial charge is 0.490 e. The number of H-pyrrole nitrogens is 1. The fourth-order valence-corrected chi connectivity index (χ4v) is 1.95. The molecule has 0 spiro atoms. The molecule has 1 aromatic carbocycles. The summed E-state index contributed by atoms with van der Waals surface area (Å²) in [7, 11) is 0. The molecule has 0 bridgehead atoms. The topological polar surface area (TPSA) is 83.2 Å². The zero-order chi connectivity index (χ0) is 15.9. The van der Waals surface area contributed by atoms with E-state index in [0.717, 1.165) is 4.47 Å². The first-order valence-corrected chi connectivity index (χ1v) is 7.18. The minimum atomic E-state index is -0.440. The molecule has 0 saturated carbocycles. The lowest BCUT2D eigenvalue weighted by molar-refractivity contribution is 0.0844. The number of hydrogen-bond acceptors (Lipinski definition) is 3. The molecule has 1 heterocycles. The molecule has 0 fully saturated rings. The highest BCUT2D eigenvalue weighted by Gasteiger charge is 2.10. The van der Waals surface area contributed by atoms with Crippen LogP contribution in [0.4, 0.5) is 0 Å². The van der Waals surface area contributed by atoms with Crippen molar-refractivity contribution < 1.29 is 14.3 Å². The Hall–Kier alpha value is -2.54. The molecule has 2 amide bonds. The summed E-state index contributed by atoms with van der Waals surface area (Å²) >= 11 is 3.23. The van der Waals surface area contributed by atoms with Gasteiger partial charge in [-0.1, -0.05) is 12.7 Å². The minimum absolute atomic E-state index is 0.334. The molecular weight excluding hydrogens is 350 g/mol. The van der Waals surface area contributed by atoms with E-state index in [1.54, 1.807) is 42.6 Å². The molecule has 0 unspecified atom stereocenters. The lowest BCUT2D eigenvalue weighted by Gasteiger charge is -2.07. The highest BCUT2D eigenvalue weighted by Crippen LogP contribution is 2.12. The van der Waals surface area contributed by atoms with Crippen LogP contribution in [0.25, 0.3) is 0 Å². The first-order chi connectivity index (χ1) is 10.6. The van der Waals surface area contributed by atoms with Crippen molar-refractivity contribution in [1.82, 2.24) is 15.8 Å². The van der Waals surface area contributed by atoms with Gasteiger partial charge in [-0.25, -0.2) is 0 Å². The predicted octanol–water partition coefficient (Wildman–Crippen LogP) is 2.42. The zero-order valence-corrected chi connectivity index (χ0v) is 13.1. The summed E-state index contributed by atoms with van der Waals surface area (Å²) in [4.78, 5) is 26.4. The maximum atomic E-state index is 11.9. The normalized spacial score (nSPS) is 9.86. The van der Waals surface area contributed by atoms with Gasteiger partial charge in [0.25, 0.3) is 11.8 Å². The summed E-state index contributed by atoms with van der Waals surface area (Å²) in [5, 5.41) is 0. The molecule has 2 rings (SSSR count). The summed E-state index contributed by atoms with van der Waals surface area (Å²) in [5.41, 5.74) is 5.40. The van der Waals surface area contributed by atoms with Gasteiger partial charge in [-0.2, -0.15) is 0 Å². The number of halogens is 1. The molecule has 0 aliphatic carbocycles. The van der Waals surface area contributed by atoms with Crippen LogP contribution in [0.1, 0.15) is 20.8 Å². The third-order valence-corrected chi connectivity index (χ3v) is 3.12. The first-order valence-electron chi connectivity index (χ1n) is 6.38. The number of ether oxygens (including phenoxy) is 1. The maximum absolute atomic E-state index is 11.9. The van der Waals surface area contributed by atoms with E-state index in [1.807, 2.05) is 0 Å². The van der Waals surface area contributed by atoms with Crippen molar-refractivity contribution in [3.63, 3.8) is 0 Å². The Morgan fingerprint density at radius 3 is 2.50 bits per heavy atom. The van der Waals surface area contributed by atoms with E-state index in [0.29, 0.717) is 23.6 Å². The molecule has 3 N–H and O–H groups in total. The van der Waals surface area contributed by atoms with Crippen LogP contribution in [0.5, 0.6) is 5.75 Å². The molecule has 22 heavy (non-hydrogen) atoms. The molecule has 0 aliphatic rings. The summed E-state index contributed by atoms with van der Waals surface area (Å²) in [5.74, 6) is -0.226. The smallest absolute Gasteiger partial charge is 0.286 e. The van der Waals surface area contributed by atoms with Crippen LogP contribution in [0.15, 0.2) is 53.7 Å². The van der Waals surface area contributed by atoms with Crippen LogP contribution in [0, 0.1) is 0 Å². The predicted molar refractivity (Wildman–Crippen MR) is 85.6 cm³/mol. The minimum Gasteiger partial charge on any atom is -0.490 e. The number of amides is 2. The van der Waals surface area contributed by atoms with Crippen LogP contribution < -0.4 is 15.6 Å². The van der Waals surface area contributed by atoms with Gasteiger partial charge in [0.2, 0.25) is 0 Å². The molecule has 2 aromatic rings. The van der Waals surface area contributed by atoms with Crippen LogP contribution in [0.2, 0.25) is 0 Å². The monoisotopic (exact) mass is 363 g/mol. The fourth-order valence-electron chi connectivity index (χ4n) is 1.61. The fraction of sp³-hybridized carbons (Fsp3) is 0.0667. The molecular formula is C15H14BrN3O3. The highest BCUT2D eigenvalue weighted by atomic mass is 79.9. The van der Waals surface area contributed by atoms with E-state index in [2.05, 4.69) is 38.3 Å². The van der Waals surface area contributed by atoms with Gasteiger partial charge in [-0.15, -0.1) is 0 Å². The number of hydrazine groups is 1. The molecule has 7 heteroatoms. The molecule has 1 aromatic heterocycles.